The van der Waals surface area contributed by atoms with E-state index in [2.05, 4.69) is 62.5 Å². The van der Waals surface area contributed by atoms with Crippen molar-refractivity contribution in [1.82, 2.24) is 30.1 Å². The van der Waals surface area contributed by atoms with Crippen LogP contribution in [0, 0.1) is 0 Å². The lowest BCUT2D eigenvalue weighted by molar-refractivity contribution is 0.102. The minimum absolute atomic E-state index is 0.103. The van der Waals surface area contributed by atoms with Crippen LogP contribution in [-0.2, 0) is 11.0 Å². The SMILES string of the molecule is CC(C)(C)c1cc(NC(=O)c2cn(C3CCNCC3)nn2)n(C(C)(C)C)n1. The Labute approximate surface area is 160 Å². The number of hydrogen-bond acceptors (Lipinski definition) is 5. The Morgan fingerprint density at radius 2 is 1.85 bits per heavy atom. The van der Waals surface area contributed by atoms with E-state index in [1.165, 1.54) is 0 Å². The molecule has 27 heavy (non-hydrogen) atoms. The van der Waals surface area contributed by atoms with Gasteiger partial charge in [-0.3, -0.25) is 4.79 Å². The molecule has 1 amide bonds. The summed E-state index contributed by atoms with van der Waals surface area (Å²) >= 11 is 0. The Morgan fingerprint density at radius 1 is 1.19 bits per heavy atom. The lowest BCUT2D eigenvalue weighted by Gasteiger charge is -2.23. The molecule has 2 N–H and O–H groups in total. The van der Waals surface area contributed by atoms with Crippen LogP contribution in [-0.4, -0.2) is 43.8 Å². The molecule has 2 aromatic rings. The van der Waals surface area contributed by atoms with Gasteiger partial charge in [0, 0.05) is 11.5 Å². The van der Waals surface area contributed by atoms with Gasteiger partial charge in [0.15, 0.2) is 5.69 Å². The van der Waals surface area contributed by atoms with Gasteiger partial charge in [-0.15, -0.1) is 5.10 Å². The molecule has 0 radical (unpaired) electrons. The van der Waals surface area contributed by atoms with Crippen molar-refractivity contribution in [3.05, 3.63) is 23.7 Å². The van der Waals surface area contributed by atoms with Crippen LogP contribution >= 0.6 is 0 Å². The van der Waals surface area contributed by atoms with Gasteiger partial charge in [-0.25, -0.2) is 9.36 Å². The highest BCUT2D eigenvalue weighted by Gasteiger charge is 2.27. The molecule has 0 spiro atoms. The smallest absolute Gasteiger partial charge is 0.278 e. The standard InChI is InChI=1S/C19H31N7O/c1-18(2,3)15-11-16(26(23-15)19(4,5)6)21-17(27)14-12-25(24-22-14)13-7-9-20-10-8-13/h11-13,20H,7-10H2,1-6H3,(H,21,27). The summed E-state index contributed by atoms with van der Waals surface area (Å²) in [4.78, 5) is 12.8. The molecule has 0 aliphatic carbocycles. The van der Waals surface area contributed by atoms with E-state index < -0.39 is 0 Å². The van der Waals surface area contributed by atoms with Gasteiger partial charge in [-0.2, -0.15) is 5.10 Å². The lowest BCUT2D eigenvalue weighted by Crippen LogP contribution is -2.29. The predicted molar refractivity (Wildman–Crippen MR) is 105 cm³/mol. The van der Waals surface area contributed by atoms with Crippen LogP contribution in [0.3, 0.4) is 0 Å². The number of hydrogen-bond donors (Lipinski definition) is 2. The number of piperidine rings is 1. The molecule has 0 unspecified atom stereocenters. The zero-order chi connectivity index (χ0) is 19.8. The molecule has 1 aliphatic heterocycles. The Morgan fingerprint density at radius 3 is 2.44 bits per heavy atom. The molecule has 148 valence electrons. The molecule has 8 nitrogen and oxygen atoms in total. The molecule has 0 saturated carbocycles. The van der Waals surface area contributed by atoms with E-state index in [0.29, 0.717) is 17.6 Å². The molecule has 0 aromatic carbocycles. The summed E-state index contributed by atoms with van der Waals surface area (Å²) in [6.45, 7) is 14.5. The molecule has 3 heterocycles. The van der Waals surface area contributed by atoms with Gasteiger partial charge >= 0.3 is 0 Å². The molecule has 8 heteroatoms. The monoisotopic (exact) mass is 373 g/mol. The fourth-order valence-corrected chi connectivity index (χ4v) is 3.16. The molecule has 0 bridgehead atoms. The van der Waals surface area contributed by atoms with Gasteiger partial charge in [-0.1, -0.05) is 26.0 Å². The van der Waals surface area contributed by atoms with E-state index in [0.717, 1.165) is 31.6 Å². The lowest BCUT2D eigenvalue weighted by atomic mass is 9.92. The maximum Gasteiger partial charge on any atom is 0.278 e. The topological polar surface area (TPSA) is 89.7 Å². The highest BCUT2D eigenvalue weighted by atomic mass is 16.2. The highest BCUT2D eigenvalue weighted by molar-refractivity contribution is 6.02. The van der Waals surface area contributed by atoms with Crippen LogP contribution in [0.25, 0.3) is 0 Å². The highest BCUT2D eigenvalue weighted by Crippen LogP contribution is 2.28. The molecule has 0 atom stereocenters. The number of carbonyl (C=O) groups excluding carboxylic acids is 1. The molecular weight excluding hydrogens is 342 g/mol. The van der Waals surface area contributed by atoms with Gasteiger partial charge in [0.2, 0.25) is 0 Å². The molecule has 2 aromatic heterocycles. The zero-order valence-electron chi connectivity index (χ0n) is 17.2. The second kappa shape index (κ2) is 7.07. The van der Waals surface area contributed by atoms with Crippen LogP contribution < -0.4 is 10.6 Å². The third-order valence-corrected chi connectivity index (χ3v) is 4.78. The molecule has 1 fully saturated rings. The van der Waals surface area contributed by atoms with Crippen molar-refractivity contribution >= 4 is 11.7 Å². The summed E-state index contributed by atoms with van der Waals surface area (Å²) in [5.74, 6) is 0.412. The van der Waals surface area contributed by atoms with Crippen molar-refractivity contribution in [2.45, 2.75) is 71.4 Å². The first-order valence-corrected chi connectivity index (χ1v) is 9.60. The number of anilines is 1. The quantitative estimate of drug-likeness (QED) is 0.863. The Hall–Kier alpha value is -2.22. The van der Waals surface area contributed by atoms with E-state index in [4.69, 9.17) is 5.10 Å². The summed E-state index contributed by atoms with van der Waals surface area (Å²) < 4.78 is 3.68. The van der Waals surface area contributed by atoms with E-state index in [1.54, 1.807) is 6.20 Å². The van der Waals surface area contributed by atoms with Crippen molar-refractivity contribution < 1.29 is 4.79 Å². The maximum atomic E-state index is 12.8. The van der Waals surface area contributed by atoms with Crippen molar-refractivity contribution in [3.8, 4) is 0 Å². The summed E-state index contributed by atoms with van der Waals surface area (Å²) in [5.41, 5.74) is 0.908. The predicted octanol–water partition coefficient (Wildman–Crippen LogP) is 2.70. The fraction of sp³-hybridized carbons (Fsp3) is 0.684. The number of amides is 1. The van der Waals surface area contributed by atoms with E-state index >= 15 is 0 Å². The van der Waals surface area contributed by atoms with Crippen molar-refractivity contribution in [1.29, 1.82) is 0 Å². The van der Waals surface area contributed by atoms with Gasteiger partial charge in [0.05, 0.1) is 23.5 Å². The van der Waals surface area contributed by atoms with E-state index in [9.17, 15) is 4.79 Å². The summed E-state index contributed by atoms with van der Waals surface area (Å²) in [6.07, 6.45) is 3.74. The van der Waals surface area contributed by atoms with Gasteiger partial charge in [0.1, 0.15) is 5.82 Å². The third kappa shape index (κ3) is 4.37. The third-order valence-electron chi connectivity index (χ3n) is 4.78. The number of rotatable bonds is 3. The average molecular weight is 374 g/mol. The first-order valence-electron chi connectivity index (χ1n) is 9.60. The van der Waals surface area contributed by atoms with Crippen molar-refractivity contribution in [3.63, 3.8) is 0 Å². The fourth-order valence-electron chi connectivity index (χ4n) is 3.16. The normalized spacial score (nSPS) is 16.5. The Kier molecular flexibility index (Phi) is 5.12. The van der Waals surface area contributed by atoms with Gasteiger partial charge < -0.3 is 10.6 Å². The Balaban J connectivity index is 1.81. The minimum Gasteiger partial charge on any atom is -0.317 e. The molecule has 1 saturated heterocycles. The van der Waals surface area contributed by atoms with Gasteiger partial charge in [-0.05, 0) is 46.7 Å². The number of carbonyl (C=O) groups is 1. The second-order valence-electron chi connectivity index (χ2n) is 9.27. The molecule has 3 rings (SSSR count). The minimum atomic E-state index is -0.263. The van der Waals surface area contributed by atoms with Crippen LogP contribution in [0.5, 0.6) is 0 Å². The van der Waals surface area contributed by atoms with Crippen LogP contribution in [0.4, 0.5) is 5.82 Å². The first kappa shape index (κ1) is 19.5. The van der Waals surface area contributed by atoms with Crippen molar-refractivity contribution in [2.24, 2.45) is 0 Å². The number of nitrogens with zero attached hydrogens (tertiary/aromatic N) is 5. The second-order valence-corrected chi connectivity index (χ2v) is 9.27. The average Bonchev–Trinajstić information content (AvgIpc) is 3.22. The number of aromatic nitrogens is 5. The number of nitrogens with one attached hydrogen (secondary N) is 2. The first-order chi connectivity index (χ1) is 12.6. The summed E-state index contributed by atoms with van der Waals surface area (Å²) in [6, 6.07) is 2.24. The maximum absolute atomic E-state index is 12.8. The molecular formula is C19H31N7O. The summed E-state index contributed by atoms with van der Waals surface area (Å²) in [5, 5.41) is 19.3. The van der Waals surface area contributed by atoms with Crippen LogP contribution in [0.1, 0.15) is 76.6 Å². The van der Waals surface area contributed by atoms with Crippen LogP contribution in [0.15, 0.2) is 12.3 Å². The Bertz CT molecular complexity index is 801. The van der Waals surface area contributed by atoms with Crippen molar-refractivity contribution in [2.75, 3.05) is 18.4 Å². The molecule has 1 aliphatic rings. The largest absolute Gasteiger partial charge is 0.317 e. The van der Waals surface area contributed by atoms with Gasteiger partial charge in [0.25, 0.3) is 5.91 Å². The van der Waals surface area contributed by atoms with E-state index in [1.807, 2.05) is 15.4 Å². The van der Waals surface area contributed by atoms with E-state index in [-0.39, 0.29) is 16.9 Å². The van der Waals surface area contributed by atoms with Crippen LogP contribution in [0.2, 0.25) is 0 Å². The zero-order valence-corrected chi connectivity index (χ0v) is 17.2. The summed E-state index contributed by atoms with van der Waals surface area (Å²) in [7, 11) is 0.